The Bertz CT molecular complexity index is 1550. The predicted molar refractivity (Wildman–Crippen MR) is 165 cm³/mol. The molecule has 0 aromatic heterocycles. The maximum Gasteiger partial charge on any atom is 0.275 e. The molecule has 0 atom stereocenters. The first-order valence-corrected chi connectivity index (χ1v) is 14.5. The molecule has 0 aliphatic carbocycles. The number of nitrogens with one attached hydrogen (secondary N) is 1. The van der Waals surface area contributed by atoms with Crippen molar-refractivity contribution in [3.05, 3.63) is 101 Å². The quantitative estimate of drug-likeness (QED) is 0.350. The van der Waals surface area contributed by atoms with Crippen LogP contribution in [0.1, 0.15) is 45.5 Å². The number of benzene rings is 3. The molecule has 0 spiro atoms. The number of piperidine rings is 1. The Kier molecular flexibility index (Phi) is 8.94. The van der Waals surface area contributed by atoms with Crippen LogP contribution in [0.3, 0.4) is 0 Å². The maximum absolute atomic E-state index is 15.6. The predicted octanol–water partition coefficient (Wildman–Crippen LogP) is 6.21. The average Bonchev–Trinajstić information content (AvgIpc) is 3.10. The van der Waals surface area contributed by atoms with Crippen LogP contribution in [0.5, 0.6) is 0 Å². The molecule has 3 amide bonds. The highest BCUT2D eigenvalue weighted by Crippen LogP contribution is 2.43. The number of anilines is 2. The van der Waals surface area contributed by atoms with Crippen LogP contribution in [0, 0.1) is 0 Å². The summed E-state index contributed by atoms with van der Waals surface area (Å²) in [5.74, 6) is -4.59. The third-order valence-corrected chi connectivity index (χ3v) is 8.26. The lowest BCUT2D eigenvalue weighted by molar-refractivity contribution is -0.127. The van der Waals surface area contributed by atoms with Gasteiger partial charge in [-0.3, -0.25) is 14.4 Å². The van der Waals surface area contributed by atoms with Crippen molar-refractivity contribution in [2.75, 3.05) is 43.9 Å². The van der Waals surface area contributed by atoms with E-state index in [1.807, 2.05) is 14.1 Å². The van der Waals surface area contributed by atoms with Gasteiger partial charge in [-0.25, -0.2) is 8.78 Å². The fraction of sp³-hybridized carbons (Fsp3) is 0.303. The summed E-state index contributed by atoms with van der Waals surface area (Å²) in [5.41, 5.74) is 1.20. The van der Waals surface area contributed by atoms with Crippen molar-refractivity contribution < 1.29 is 23.2 Å². The summed E-state index contributed by atoms with van der Waals surface area (Å²) >= 11 is 5.98. The van der Waals surface area contributed by atoms with Crippen molar-refractivity contribution in [1.82, 2.24) is 9.80 Å². The third kappa shape index (κ3) is 6.78. The smallest absolute Gasteiger partial charge is 0.275 e. The Morgan fingerprint density at radius 1 is 0.930 bits per heavy atom. The number of likely N-dealkylation sites (tertiary alicyclic amines) is 1. The Labute approximate surface area is 254 Å². The first-order valence-electron chi connectivity index (χ1n) is 14.2. The summed E-state index contributed by atoms with van der Waals surface area (Å²) in [6.07, 6.45) is 1.98. The summed E-state index contributed by atoms with van der Waals surface area (Å²) in [5, 5.41) is 3.19. The molecular formula is C33H33ClF2N4O3. The summed E-state index contributed by atoms with van der Waals surface area (Å²) in [7, 11) is 3.99. The highest BCUT2D eigenvalue weighted by atomic mass is 35.5. The monoisotopic (exact) mass is 606 g/mol. The van der Waals surface area contributed by atoms with E-state index >= 15 is 8.78 Å². The maximum atomic E-state index is 15.6. The highest BCUT2D eigenvalue weighted by molar-refractivity contribution is 6.31. The topological polar surface area (TPSA) is 73.0 Å². The second kappa shape index (κ2) is 12.7. The Hall–Kier alpha value is -4.08. The van der Waals surface area contributed by atoms with E-state index < -0.39 is 24.2 Å². The zero-order chi connectivity index (χ0) is 30.7. The van der Waals surface area contributed by atoms with Gasteiger partial charge in [0.15, 0.2) is 0 Å². The van der Waals surface area contributed by atoms with Gasteiger partial charge in [-0.2, -0.15) is 0 Å². The SMILES string of the molecule is CN(C)C1CCN(C(=O)/C=C2/c3ccccc3N(C(=O)c3ccc(NC(=O)c4cccc(Cl)c4)cc3)CCC2(F)F)CC1. The Morgan fingerprint density at radius 3 is 2.30 bits per heavy atom. The number of nitrogens with zero attached hydrogens (tertiary/aromatic N) is 3. The van der Waals surface area contributed by atoms with Crippen LogP contribution >= 0.6 is 11.6 Å². The van der Waals surface area contributed by atoms with Crippen LogP contribution in [0.2, 0.25) is 5.02 Å². The number of allylic oxidation sites excluding steroid dienone is 1. The number of amides is 3. The van der Waals surface area contributed by atoms with Gasteiger partial charge in [0.05, 0.1) is 5.69 Å². The van der Waals surface area contributed by atoms with Gasteiger partial charge in [0.2, 0.25) is 5.91 Å². The second-order valence-corrected chi connectivity index (χ2v) is 11.5. The van der Waals surface area contributed by atoms with Gasteiger partial charge in [0, 0.05) is 71.1 Å². The molecule has 3 aromatic rings. The number of rotatable bonds is 5. The Balaban J connectivity index is 1.37. The number of alkyl halides is 2. The number of hydrogen-bond donors (Lipinski definition) is 1. The van der Waals surface area contributed by atoms with Gasteiger partial charge in [-0.1, -0.05) is 35.9 Å². The van der Waals surface area contributed by atoms with Crippen LogP contribution in [-0.4, -0.2) is 73.2 Å². The lowest BCUT2D eigenvalue weighted by atomic mass is 9.96. The van der Waals surface area contributed by atoms with Crippen molar-refractivity contribution >= 4 is 46.3 Å². The molecule has 2 aliphatic heterocycles. The van der Waals surface area contributed by atoms with E-state index in [0.717, 1.165) is 18.9 Å². The molecule has 2 aliphatic rings. The van der Waals surface area contributed by atoms with Crippen molar-refractivity contribution in [3.8, 4) is 0 Å². The van der Waals surface area contributed by atoms with Gasteiger partial charge in [0.1, 0.15) is 0 Å². The molecule has 10 heteroatoms. The van der Waals surface area contributed by atoms with Gasteiger partial charge in [-0.05, 0) is 75.5 Å². The van der Waals surface area contributed by atoms with E-state index in [2.05, 4.69) is 10.2 Å². The molecule has 0 unspecified atom stereocenters. The van der Waals surface area contributed by atoms with Crippen LogP contribution in [-0.2, 0) is 4.79 Å². The first-order chi connectivity index (χ1) is 20.5. The number of para-hydroxylation sites is 1. The minimum absolute atomic E-state index is 0.153. The van der Waals surface area contributed by atoms with Gasteiger partial charge in [0.25, 0.3) is 17.7 Å². The summed E-state index contributed by atoms with van der Waals surface area (Å²) in [6, 6.07) is 19.6. The van der Waals surface area contributed by atoms with Crippen molar-refractivity contribution in [3.63, 3.8) is 0 Å². The van der Waals surface area contributed by atoms with E-state index in [0.29, 0.717) is 41.1 Å². The molecule has 1 N–H and O–H groups in total. The number of carbonyl (C=O) groups is 3. The average molecular weight is 607 g/mol. The molecule has 43 heavy (non-hydrogen) atoms. The van der Waals surface area contributed by atoms with E-state index in [9.17, 15) is 14.4 Å². The van der Waals surface area contributed by atoms with E-state index in [4.69, 9.17) is 11.6 Å². The number of halogens is 3. The van der Waals surface area contributed by atoms with E-state index in [1.165, 1.54) is 11.0 Å². The van der Waals surface area contributed by atoms with Crippen LogP contribution in [0.25, 0.3) is 5.57 Å². The molecular weight excluding hydrogens is 574 g/mol. The molecule has 0 bridgehead atoms. The number of hydrogen-bond acceptors (Lipinski definition) is 4. The zero-order valence-corrected chi connectivity index (χ0v) is 24.8. The minimum Gasteiger partial charge on any atom is -0.339 e. The van der Waals surface area contributed by atoms with Crippen LogP contribution in [0.4, 0.5) is 20.2 Å². The number of fused-ring (bicyclic) bond motifs is 1. The number of carbonyl (C=O) groups excluding carboxylic acids is 3. The standard InChI is InChI=1S/C33H33ClF2N4O3/c1-38(2)26-14-17-39(18-15-26)30(41)21-28-27-8-3-4-9-29(27)40(19-16-33(28,35)36)32(43)22-10-12-25(13-11-22)37-31(42)23-6-5-7-24(34)20-23/h3-13,20-21,26H,14-19H2,1-2H3,(H,37,42)/b28-21-. The van der Waals surface area contributed by atoms with Crippen LogP contribution < -0.4 is 10.2 Å². The molecule has 3 aromatic carbocycles. The largest absolute Gasteiger partial charge is 0.339 e. The van der Waals surface area contributed by atoms with Crippen molar-refractivity contribution in [1.29, 1.82) is 0 Å². The van der Waals surface area contributed by atoms with E-state index in [-0.39, 0.29) is 29.2 Å². The molecule has 7 nitrogen and oxygen atoms in total. The molecule has 224 valence electrons. The zero-order valence-electron chi connectivity index (χ0n) is 24.0. The molecule has 5 rings (SSSR count). The summed E-state index contributed by atoms with van der Waals surface area (Å²) in [4.78, 5) is 44.5. The lowest BCUT2D eigenvalue weighted by Crippen LogP contribution is -2.44. The van der Waals surface area contributed by atoms with Gasteiger partial charge >= 0.3 is 0 Å². The lowest BCUT2D eigenvalue weighted by Gasteiger charge is -2.35. The van der Waals surface area contributed by atoms with Crippen LogP contribution in [0.15, 0.2) is 78.9 Å². The third-order valence-electron chi connectivity index (χ3n) is 8.02. The van der Waals surface area contributed by atoms with Crippen molar-refractivity contribution in [2.24, 2.45) is 0 Å². The highest BCUT2D eigenvalue weighted by Gasteiger charge is 2.42. The second-order valence-electron chi connectivity index (χ2n) is 11.0. The molecule has 0 saturated carbocycles. The first kappa shape index (κ1) is 30.4. The normalized spacial score (nSPS) is 17.9. The fourth-order valence-electron chi connectivity index (χ4n) is 5.54. The minimum atomic E-state index is -3.32. The Morgan fingerprint density at radius 2 is 1.63 bits per heavy atom. The van der Waals surface area contributed by atoms with E-state index in [1.54, 1.807) is 71.6 Å². The molecule has 2 heterocycles. The summed E-state index contributed by atoms with van der Waals surface area (Å²) in [6.45, 7) is 0.757. The summed E-state index contributed by atoms with van der Waals surface area (Å²) < 4.78 is 31.3. The molecule has 1 saturated heterocycles. The molecule has 1 fully saturated rings. The van der Waals surface area contributed by atoms with Gasteiger partial charge in [-0.15, -0.1) is 0 Å². The molecule has 0 radical (unpaired) electrons. The van der Waals surface area contributed by atoms with Gasteiger partial charge < -0.3 is 20.0 Å². The van der Waals surface area contributed by atoms with Crippen molar-refractivity contribution in [2.45, 2.75) is 31.2 Å². The fourth-order valence-corrected chi connectivity index (χ4v) is 5.73.